The molecule has 0 radical (unpaired) electrons. The molecule has 0 fully saturated rings. The van der Waals surface area contributed by atoms with E-state index in [9.17, 15) is 9.59 Å². The predicted molar refractivity (Wildman–Crippen MR) is 92.0 cm³/mol. The second-order valence-corrected chi connectivity index (χ2v) is 6.03. The third kappa shape index (κ3) is 3.56. The number of ether oxygens (including phenoxy) is 1. The topological polar surface area (TPSA) is 58.6 Å². The van der Waals surface area contributed by atoms with Crippen LogP contribution < -0.4 is 10.1 Å². The first-order valence-corrected chi connectivity index (χ1v) is 7.89. The van der Waals surface area contributed by atoms with Gasteiger partial charge in [0.15, 0.2) is 6.10 Å². The van der Waals surface area contributed by atoms with Crippen LogP contribution in [-0.4, -0.2) is 36.4 Å². The maximum atomic E-state index is 12.5. The number of anilines is 1. The summed E-state index contributed by atoms with van der Waals surface area (Å²) in [6.07, 6.45) is -0.0153. The molecule has 0 bridgehead atoms. The van der Waals surface area contributed by atoms with Crippen LogP contribution in [0, 0.1) is 6.92 Å². The smallest absolute Gasteiger partial charge is 0.264 e. The lowest BCUT2D eigenvalue weighted by Gasteiger charge is -2.20. The van der Waals surface area contributed by atoms with E-state index >= 15 is 0 Å². The van der Waals surface area contributed by atoms with Crippen LogP contribution in [0.25, 0.3) is 0 Å². The highest BCUT2D eigenvalue weighted by Crippen LogP contribution is 2.28. The van der Waals surface area contributed by atoms with Crippen molar-refractivity contribution in [1.82, 2.24) is 4.90 Å². The van der Waals surface area contributed by atoms with Crippen molar-refractivity contribution in [3.8, 4) is 5.75 Å². The van der Waals surface area contributed by atoms with Gasteiger partial charge in [-0.15, -0.1) is 0 Å². The summed E-state index contributed by atoms with van der Waals surface area (Å²) in [5, 5.41) is 2.79. The van der Waals surface area contributed by atoms with Crippen LogP contribution >= 0.6 is 0 Å². The van der Waals surface area contributed by atoms with E-state index in [2.05, 4.69) is 5.32 Å². The predicted octanol–water partition coefficient (Wildman–Crippen LogP) is 2.40. The van der Waals surface area contributed by atoms with Gasteiger partial charge in [-0.2, -0.15) is 0 Å². The molecule has 1 unspecified atom stereocenters. The SMILES string of the molecule is Cc1ccc(NC(=O)CN(C)C(=O)C2Cc3ccccc3O2)cc1. The first kappa shape index (κ1) is 16.1. The molecule has 2 amide bonds. The Morgan fingerprint density at radius 2 is 1.88 bits per heavy atom. The Balaban J connectivity index is 1.55. The number of likely N-dealkylation sites (N-methyl/N-ethyl adjacent to an activating group) is 1. The maximum absolute atomic E-state index is 12.5. The number of aryl methyl sites for hydroxylation is 1. The van der Waals surface area contributed by atoms with E-state index < -0.39 is 6.10 Å². The number of carbonyl (C=O) groups excluding carboxylic acids is 2. The monoisotopic (exact) mass is 324 g/mol. The number of hydrogen-bond acceptors (Lipinski definition) is 3. The van der Waals surface area contributed by atoms with Crippen LogP contribution in [0.1, 0.15) is 11.1 Å². The van der Waals surface area contributed by atoms with E-state index in [1.165, 1.54) is 4.90 Å². The number of benzene rings is 2. The maximum Gasteiger partial charge on any atom is 0.264 e. The van der Waals surface area contributed by atoms with E-state index in [4.69, 9.17) is 4.74 Å². The average molecular weight is 324 g/mol. The van der Waals surface area contributed by atoms with Gasteiger partial charge in [0.25, 0.3) is 5.91 Å². The quantitative estimate of drug-likeness (QED) is 0.939. The van der Waals surface area contributed by atoms with E-state index in [0.717, 1.165) is 22.6 Å². The third-order valence-corrected chi connectivity index (χ3v) is 4.01. The average Bonchev–Trinajstić information content (AvgIpc) is 3.00. The fraction of sp³-hybridized carbons (Fsp3) is 0.263. The highest BCUT2D eigenvalue weighted by Gasteiger charge is 2.31. The number of rotatable bonds is 4. The highest BCUT2D eigenvalue weighted by atomic mass is 16.5. The summed E-state index contributed by atoms with van der Waals surface area (Å²) in [5.41, 5.74) is 2.86. The van der Waals surface area contributed by atoms with Crippen molar-refractivity contribution in [1.29, 1.82) is 0 Å². The molecule has 2 aromatic rings. The number of amides is 2. The molecule has 5 heteroatoms. The zero-order chi connectivity index (χ0) is 17.1. The van der Waals surface area contributed by atoms with Gasteiger partial charge in [-0.05, 0) is 30.7 Å². The van der Waals surface area contributed by atoms with Gasteiger partial charge in [0, 0.05) is 19.2 Å². The van der Waals surface area contributed by atoms with Gasteiger partial charge in [-0.1, -0.05) is 35.9 Å². The molecule has 0 spiro atoms. The van der Waals surface area contributed by atoms with Crippen LogP contribution in [-0.2, 0) is 16.0 Å². The number of carbonyl (C=O) groups is 2. The van der Waals surface area contributed by atoms with Gasteiger partial charge in [0.2, 0.25) is 5.91 Å². The van der Waals surface area contributed by atoms with Crippen molar-refractivity contribution in [3.63, 3.8) is 0 Å². The van der Waals surface area contributed by atoms with Crippen LogP contribution in [0.3, 0.4) is 0 Å². The first-order valence-electron chi connectivity index (χ1n) is 7.89. The molecule has 2 aromatic carbocycles. The minimum Gasteiger partial charge on any atom is -0.480 e. The van der Waals surface area contributed by atoms with Crippen LogP contribution in [0.15, 0.2) is 48.5 Å². The summed E-state index contributed by atoms with van der Waals surface area (Å²) in [6, 6.07) is 15.1. The Labute approximate surface area is 141 Å². The molecule has 1 heterocycles. The molecule has 5 nitrogen and oxygen atoms in total. The molecule has 1 N–H and O–H groups in total. The molecular weight excluding hydrogens is 304 g/mol. The van der Waals surface area contributed by atoms with Crippen molar-refractivity contribution >= 4 is 17.5 Å². The molecule has 24 heavy (non-hydrogen) atoms. The lowest BCUT2D eigenvalue weighted by atomic mass is 10.1. The van der Waals surface area contributed by atoms with Gasteiger partial charge in [0.1, 0.15) is 5.75 Å². The van der Waals surface area contributed by atoms with E-state index in [1.807, 2.05) is 55.5 Å². The zero-order valence-corrected chi connectivity index (χ0v) is 13.8. The number of nitrogens with one attached hydrogen (secondary N) is 1. The summed E-state index contributed by atoms with van der Waals surface area (Å²) in [6.45, 7) is 1.97. The van der Waals surface area contributed by atoms with Crippen molar-refractivity contribution in [2.24, 2.45) is 0 Å². The number of nitrogens with zero attached hydrogens (tertiary/aromatic N) is 1. The molecule has 1 atom stereocenters. The second-order valence-electron chi connectivity index (χ2n) is 6.03. The molecule has 1 aliphatic rings. The van der Waals surface area contributed by atoms with E-state index in [-0.39, 0.29) is 18.4 Å². The standard InChI is InChI=1S/C19H20N2O3/c1-13-7-9-15(10-8-13)20-18(22)12-21(2)19(23)17-11-14-5-3-4-6-16(14)24-17/h3-10,17H,11-12H2,1-2H3,(H,20,22). The first-order chi connectivity index (χ1) is 11.5. The Morgan fingerprint density at radius 1 is 1.17 bits per heavy atom. The normalized spacial score (nSPS) is 15.3. The van der Waals surface area contributed by atoms with Gasteiger partial charge >= 0.3 is 0 Å². The molecule has 0 aliphatic carbocycles. The van der Waals surface area contributed by atoms with Crippen molar-refractivity contribution in [2.75, 3.05) is 18.9 Å². The summed E-state index contributed by atoms with van der Waals surface area (Å²) in [4.78, 5) is 26.0. The molecule has 0 saturated carbocycles. The zero-order valence-electron chi connectivity index (χ0n) is 13.8. The minimum atomic E-state index is -0.556. The summed E-state index contributed by atoms with van der Waals surface area (Å²) >= 11 is 0. The molecule has 1 aliphatic heterocycles. The summed E-state index contributed by atoms with van der Waals surface area (Å²) in [7, 11) is 1.61. The van der Waals surface area contributed by atoms with Crippen molar-refractivity contribution in [3.05, 3.63) is 59.7 Å². The number of para-hydroxylation sites is 1. The minimum absolute atomic E-state index is 0.0110. The number of fused-ring (bicyclic) bond motifs is 1. The number of hydrogen-bond donors (Lipinski definition) is 1. The third-order valence-electron chi connectivity index (χ3n) is 4.01. The molecular formula is C19H20N2O3. The van der Waals surface area contributed by atoms with Gasteiger partial charge in [-0.3, -0.25) is 9.59 Å². The van der Waals surface area contributed by atoms with Crippen molar-refractivity contribution in [2.45, 2.75) is 19.4 Å². The molecule has 3 rings (SSSR count). The molecule has 124 valence electrons. The van der Waals surface area contributed by atoms with Crippen LogP contribution in [0.5, 0.6) is 5.75 Å². The second kappa shape index (κ2) is 6.74. The van der Waals surface area contributed by atoms with E-state index in [0.29, 0.717) is 6.42 Å². The van der Waals surface area contributed by atoms with Gasteiger partial charge in [0.05, 0.1) is 6.54 Å². The Kier molecular flexibility index (Phi) is 4.51. The van der Waals surface area contributed by atoms with Gasteiger partial charge in [-0.25, -0.2) is 0 Å². The highest BCUT2D eigenvalue weighted by molar-refractivity contribution is 5.95. The lowest BCUT2D eigenvalue weighted by Crippen LogP contribution is -2.42. The lowest BCUT2D eigenvalue weighted by molar-refractivity contribution is -0.139. The fourth-order valence-electron chi connectivity index (χ4n) is 2.70. The Hall–Kier alpha value is -2.82. The Bertz CT molecular complexity index is 730. The van der Waals surface area contributed by atoms with Crippen LogP contribution in [0.2, 0.25) is 0 Å². The van der Waals surface area contributed by atoms with E-state index in [1.54, 1.807) is 7.05 Å². The van der Waals surface area contributed by atoms with Gasteiger partial charge < -0.3 is 15.0 Å². The van der Waals surface area contributed by atoms with Crippen LogP contribution in [0.4, 0.5) is 5.69 Å². The van der Waals surface area contributed by atoms with Crippen molar-refractivity contribution < 1.29 is 14.3 Å². The molecule has 0 aromatic heterocycles. The summed E-state index contributed by atoms with van der Waals surface area (Å²) in [5.74, 6) is 0.323. The molecule has 0 saturated heterocycles. The Morgan fingerprint density at radius 3 is 2.58 bits per heavy atom. The summed E-state index contributed by atoms with van der Waals surface area (Å²) < 4.78 is 5.68. The largest absolute Gasteiger partial charge is 0.480 e. The fourth-order valence-corrected chi connectivity index (χ4v) is 2.70.